The number of carboxylic acid groups (broad SMARTS) is 1. The van der Waals surface area contributed by atoms with Gasteiger partial charge in [0.15, 0.2) is 0 Å². The van der Waals surface area contributed by atoms with Crippen molar-refractivity contribution in [2.75, 3.05) is 7.11 Å². The van der Waals surface area contributed by atoms with Crippen molar-refractivity contribution in [3.8, 4) is 0 Å². The molecule has 3 nitrogen and oxygen atoms in total. The molecule has 0 spiro atoms. The molecule has 1 aromatic carbocycles. The number of hydrogen-bond donors (Lipinski definition) is 1. The van der Waals surface area contributed by atoms with Crippen molar-refractivity contribution in [2.24, 2.45) is 0 Å². The minimum atomic E-state index is -0.967. The molecule has 1 aromatic rings. The van der Waals surface area contributed by atoms with Crippen molar-refractivity contribution in [2.45, 2.75) is 6.92 Å². The van der Waals surface area contributed by atoms with Crippen LogP contribution in [0.1, 0.15) is 12.5 Å². The molecule has 0 radical (unpaired) electrons. The van der Waals surface area contributed by atoms with Gasteiger partial charge < -0.3 is 9.84 Å². The molecule has 0 saturated heterocycles. The molecule has 3 heteroatoms. The molecule has 0 bridgehead atoms. The molecule has 0 aliphatic carbocycles. The van der Waals surface area contributed by atoms with Gasteiger partial charge in [-0.2, -0.15) is 0 Å². The number of rotatable bonds is 3. The minimum absolute atomic E-state index is 0.207. The molecule has 0 fully saturated rings. The van der Waals surface area contributed by atoms with Gasteiger partial charge in [0.2, 0.25) is 0 Å². The highest BCUT2D eigenvalue weighted by Crippen LogP contribution is 2.18. The summed E-state index contributed by atoms with van der Waals surface area (Å²) in [4.78, 5) is 10.7. The molecule has 0 aliphatic heterocycles. The molecular formula is C11H12O3. The molecule has 0 aliphatic rings. The van der Waals surface area contributed by atoms with Gasteiger partial charge in [-0.05, 0) is 6.92 Å². The van der Waals surface area contributed by atoms with E-state index in [1.165, 1.54) is 14.0 Å². The lowest BCUT2D eigenvalue weighted by atomic mass is 10.1. The van der Waals surface area contributed by atoms with E-state index in [2.05, 4.69) is 0 Å². The Kier molecular flexibility index (Phi) is 3.29. The van der Waals surface area contributed by atoms with E-state index in [0.29, 0.717) is 5.76 Å². The summed E-state index contributed by atoms with van der Waals surface area (Å²) in [5.74, 6) is -0.566. The molecule has 1 N–H and O–H groups in total. The number of ether oxygens (including phenoxy) is 1. The van der Waals surface area contributed by atoms with E-state index in [-0.39, 0.29) is 5.57 Å². The van der Waals surface area contributed by atoms with Gasteiger partial charge in [0.25, 0.3) is 0 Å². The largest absolute Gasteiger partial charge is 0.496 e. The third kappa shape index (κ3) is 2.13. The Bertz CT molecular complexity index is 352. The summed E-state index contributed by atoms with van der Waals surface area (Å²) in [5.41, 5.74) is 0.980. The van der Waals surface area contributed by atoms with Gasteiger partial charge >= 0.3 is 5.97 Å². The van der Waals surface area contributed by atoms with Gasteiger partial charge in [0.05, 0.1) is 12.7 Å². The number of carbonyl (C=O) groups is 1. The second kappa shape index (κ2) is 4.46. The van der Waals surface area contributed by atoms with E-state index in [1.807, 2.05) is 30.3 Å². The van der Waals surface area contributed by atoms with Crippen LogP contribution in [0.2, 0.25) is 0 Å². The number of methoxy groups -OCH3 is 1. The van der Waals surface area contributed by atoms with Crippen LogP contribution in [-0.2, 0) is 9.53 Å². The fourth-order valence-corrected chi connectivity index (χ4v) is 1.17. The summed E-state index contributed by atoms with van der Waals surface area (Å²) in [6.07, 6.45) is 0. The lowest BCUT2D eigenvalue weighted by Gasteiger charge is -2.08. The topological polar surface area (TPSA) is 46.5 Å². The van der Waals surface area contributed by atoms with Crippen LogP contribution >= 0.6 is 0 Å². The number of hydrogen-bond acceptors (Lipinski definition) is 2. The third-order valence-electron chi connectivity index (χ3n) is 1.90. The quantitative estimate of drug-likeness (QED) is 0.589. The van der Waals surface area contributed by atoms with E-state index in [4.69, 9.17) is 9.84 Å². The van der Waals surface area contributed by atoms with E-state index >= 15 is 0 Å². The van der Waals surface area contributed by atoms with Gasteiger partial charge in [0.1, 0.15) is 5.76 Å². The van der Waals surface area contributed by atoms with Crippen LogP contribution in [0.15, 0.2) is 35.9 Å². The number of carboxylic acids is 1. The second-order valence-electron chi connectivity index (χ2n) is 2.83. The summed E-state index contributed by atoms with van der Waals surface area (Å²) >= 11 is 0. The summed E-state index contributed by atoms with van der Waals surface area (Å²) in [7, 11) is 1.47. The predicted molar refractivity (Wildman–Crippen MR) is 53.7 cm³/mol. The van der Waals surface area contributed by atoms with Crippen molar-refractivity contribution in [1.82, 2.24) is 0 Å². The average molecular weight is 192 g/mol. The van der Waals surface area contributed by atoms with Crippen LogP contribution in [0.25, 0.3) is 5.76 Å². The van der Waals surface area contributed by atoms with Crippen molar-refractivity contribution in [3.05, 3.63) is 41.5 Å². The first-order valence-electron chi connectivity index (χ1n) is 4.20. The summed E-state index contributed by atoms with van der Waals surface area (Å²) in [6.45, 7) is 1.52. The van der Waals surface area contributed by atoms with Crippen molar-refractivity contribution >= 4 is 11.7 Å². The molecule has 0 unspecified atom stereocenters. The highest BCUT2D eigenvalue weighted by molar-refractivity contribution is 5.94. The Labute approximate surface area is 82.6 Å². The second-order valence-corrected chi connectivity index (χ2v) is 2.83. The fourth-order valence-electron chi connectivity index (χ4n) is 1.17. The highest BCUT2D eigenvalue weighted by Gasteiger charge is 2.11. The zero-order chi connectivity index (χ0) is 10.6. The van der Waals surface area contributed by atoms with Crippen molar-refractivity contribution in [3.63, 3.8) is 0 Å². The monoisotopic (exact) mass is 192 g/mol. The van der Waals surface area contributed by atoms with Crippen LogP contribution < -0.4 is 0 Å². The SMILES string of the molecule is CO/C(=C(\C)C(=O)O)c1ccccc1. The van der Waals surface area contributed by atoms with Crippen LogP contribution in [0.4, 0.5) is 0 Å². The average Bonchev–Trinajstić information content (AvgIpc) is 2.20. The molecule has 0 amide bonds. The normalized spacial score (nSPS) is 11.9. The number of aliphatic carboxylic acids is 1. The molecular weight excluding hydrogens is 180 g/mol. The Morgan fingerprint density at radius 1 is 1.29 bits per heavy atom. The van der Waals surface area contributed by atoms with Crippen LogP contribution in [0, 0.1) is 0 Å². The standard InChI is InChI=1S/C11H12O3/c1-8(11(12)13)10(14-2)9-6-4-3-5-7-9/h3-7H,1-2H3,(H,12,13)/b10-8+. The maximum atomic E-state index is 10.7. The lowest BCUT2D eigenvalue weighted by molar-refractivity contribution is -0.132. The van der Waals surface area contributed by atoms with Crippen LogP contribution in [0.5, 0.6) is 0 Å². The lowest BCUT2D eigenvalue weighted by Crippen LogP contribution is -2.02. The van der Waals surface area contributed by atoms with Gasteiger partial charge in [-0.3, -0.25) is 0 Å². The first-order chi connectivity index (χ1) is 6.66. The van der Waals surface area contributed by atoms with E-state index in [0.717, 1.165) is 5.56 Å². The molecule has 0 aromatic heterocycles. The van der Waals surface area contributed by atoms with E-state index in [9.17, 15) is 4.79 Å². The number of benzene rings is 1. The van der Waals surface area contributed by atoms with E-state index < -0.39 is 5.97 Å². The maximum Gasteiger partial charge on any atom is 0.335 e. The zero-order valence-corrected chi connectivity index (χ0v) is 8.15. The Morgan fingerprint density at radius 2 is 1.86 bits per heavy atom. The molecule has 0 heterocycles. The van der Waals surface area contributed by atoms with Gasteiger partial charge in [0, 0.05) is 5.56 Å². The zero-order valence-electron chi connectivity index (χ0n) is 8.15. The van der Waals surface area contributed by atoms with Crippen LogP contribution in [0.3, 0.4) is 0 Å². The first-order valence-corrected chi connectivity index (χ1v) is 4.20. The summed E-state index contributed by atoms with van der Waals surface area (Å²) in [5, 5.41) is 8.81. The molecule has 14 heavy (non-hydrogen) atoms. The fraction of sp³-hybridized carbons (Fsp3) is 0.182. The van der Waals surface area contributed by atoms with E-state index in [1.54, 1.807) is 0 Å². The summed E-state index contributed by atoms with van der Waals surface area (Å²) in [6, 6.07) is 9.16. The van der Waals surface area contributed by atoms with Crippen molar-refractivity contribution in [1.29, 1.82) is 0 Å². The van der Waals surface area contributed by atoms with Gasteiger partial charge in [-0.1, -0.05) is 30.3 Å². The molecule has 0 atom stereocenters. The Balaban J connectivity index is 3.17. The minimum Gasteiger partial charge on any atom is -0.496 e. The highest BCUT2D eigenvalue weighted by atomic mass is 16.5. The Morgan fingerprint density at radius 3 is 2.29 bits per heavy atom. The van der Waals surface area contributed by atoms with Crippen LogP contribution in [-0.4, -0.2) is 18.2 Å². The smallest absolute Gasteiger partial charge is 0.335 e. The first kappa shape index (κ1) is 10.3. The maximum absolute atomic E-state index is 10.7. The van der Waals surface area contributed by atoms with Gasteiger partial charge in [-0.15, -0.1) is 0 Å². The van der Waals surface area contributed by atoms with Crippen molar-refractivity contribution < 1.29 is 14.6 Å². The predicted octanol–water partition coefficient (Wildman–Crippen LogP) is 2.15. The molecule has 0 saturated carbocycles. The third-order valence-corrected chi connectivity index (χ3v) is 1.90. The Hall–Kier alpha value is -1.77. The molecule has 74 valence electrons. The summed E-state index contributed by atoms with van der Waals surface area (Å²) < 4.78 is 5.06. The van der Waals surface area contributed by atoms with Gasteiger partial charge in [-0.25, -0.2) is 4.79 Å². The molecule has 1 rings (SSSR count).